The van der Waals surface area contributed by atoms with Crippen LogP contribution in [0.5, 0.6) is 0 Å². The van der Waals surface area contributed by atoms with Crippen molar-refractivity contribution in [2.45, 2.75) is 46.1 Å². The number of benzene rings is 1. The van der Waals surface area contributed by atoms with Crippen LogP contribution < -0.4 is 0 Å². The summed E-state index contributed by atoms with van der Waals surface area (Å²) >= 11 is 0. The van der Waals surface area contributed by atoms with Crippen molar-refractivity contribution in [1.82, 2.24) is 4.90 Å². The van der Waals surface area contributed by atoms with Gasteiger partial charge in [-0.25, -0.2) is 4.79 Å². The van der Waals surface area contributed by atoms with Crippen LogP contribution in [0, 0.1) is 13.8 Å². The summed E-state index contributed by atoms with van der Waals surface area (Å²) in [6.45, 7) is 6.28. The molecule has 0 saturated carbocycles. The molecular weight excluding hydrogens is 254 g/mol. The highest BCUT2D eigenvalue weighted by molar-refractivity contribution is 6.06. The van der Waals surface area contributed by atoms with Gasteiger partial charge in [0.15, 0.2) is 0 Å². The van der Waals surface area contributed by atoms with Crippen LogP contribution in [0.1, 0.15) is 58.0 Å². The minimum Gasteiger partial charge on any atom is -0.478 e. The van der Waals surface area contributed by atoms with Crippen LogP contribution in [-0.4, -0.2) is 34.5 Å². The highest BCUT2D eigenvalue weighted by Crippen LogP contribution is 2.25. The Morgan fingerprint density at radius 1 is 1.15 bits per heavy atom. The predicted octanol–water partition coefficient (Wildman–Crippen LogP) is 3.02. The fourth-order valence-electron chi connectivity index (χ4n) is 2.91. The van der Waals surface area contributed by atoms with Gasteiger partial charge in [0.05, 0.1) is 11.1 Å². The summed E-state index contributed by atoms with van der Waals surface area (Å²) in [6, 6.07) is 3.76. The zero-order valence-corrected chi connectivity index (χ0v) is 12.3. The first-order valence-corrected chi connectivity index (χ1v) is 7.08. The molecule has 0 aromatic heterocycles. The number of carbonyl (C=O) groups is 2. The van der Waals surface area contributed by atoms with E-state index in [1.54, 1.807) is 19.9 Å². The summed E-state index contributed by atoms with van der Waals surface area (Å²) in [6.07, 6.45) is 3.10. The van der Waals surface area contributed by atoms with E-state index in [4.69, 9.17) is 0 Å². The molecule has 1 aromatic carbocycles. The van der Waals surface area contributed by atoms with Crippen molar-refractivity contribution in [2.24, 2.45) is 0 Å². The molecule has 2 rings (SSSR count). The number of hydrogen-bond acceptors (Lipinski definition) is 2. The van der Waals surface area contributed by atoms with Gasteiger partial charge < -0.3 is 10.0 Å². The molecule has 1 aliphatic rings. The second-order valence-electron chi connectivity index (χ2n) is 5.60. The molecule has 1 heterocycles. The van der Waals surface area contributed by atoms with Crippen molar-refractivity contribution < 1.29 is 14.7 Å². The summed E-state index contributed by atoms with van der Waals surface area (Å²) in [5.41, 5.74) is 1.87. The quantitative estimate of drug-likeness (QED) is 0.902. The number of rotatable bonds is 2. The highest BCUT2D eigenvalue weighted by atomic mass is 16.4. The number of aromatic carboxylic acids is 1. The Balaban J connectivity index is 2.48. The largest absolute Gasteiger partial charge is 0.478 e. The lowest BCUT2D eigenvalue weighted by Crippen LogP contribution is -2.42. The molecule has 1 amide bonds. The maximum atomic E-state index is 12.8. The normalized spacial score (nSPS) is 18.9. The molecular formula is C16H21NO3. The Bertz CT molecular complexity index is 551. The average Bonchev–Trinajstić information content (AvgIpc) is 2.40. The van der Waals surface area contributed by atoms with E-state index in [0.717, 1.165) is 24.8 Å². The van der Waals surface area contributed by atoms with Gasteiger partial charge in [-0.3, -0.25) is 4.79 Å². The maximum Gasteiger partial charge on any atom is 0.336 e. The Morgan fingerprint density at radius 3 is 2.30 bits per heavy atom. The van der Waals surface area contributed by atoms with Gasteiger partial charge in [0, 0.05) is 12.6 Å². The number of likely N-dealkylation sites (tertiary alicyclic amines) is 1. The highest BCUT2D eigenvalue weighted by Gasteiger charge is 2.29. The second kappa shape index (κ2) is 5.65. The third-order valence-electron chi connectivity index (χ3n) is 4.11. The van der Waals surface area contributed by atoms with E-state index >= 15 is 0 Å². The number of hydrogen-bond donors (Lipinski definition) is 1. The number of carboxylic acids is 1. The first kappa shape index (κ1) is 14.6. The zero-order chi connectivity index (χ0) is 14.9. The fourth-order valence-corrected chi connectivity index (χ4v) is 2.91. The number of amides is 1. The molecule has 1 aromatic rings. The Kier molecular flexibility index (Phi) is 4.12. The lowest BCUT2D eigenvalue weighted by molar-refractivity contribution is 0.0612. The smallest absolute Gasteiger partial charge is 0.336 e. The molecule has 1 aliphatic heterocycles. The minimum absolute atomic E-state index is 0.143. The number of nitrogens with zero attached hydrogens (tertiary/aromatic N) is 1. The van der Waals surface area contributed by atoms with Crippen molar-refractivity contribution >= 4 is 11.9 Å². The van der Waals surface area contributed by atoms with E-state index in [2.05, 4.69) is 0 Å². The van der Waals surface area contributed by atoms with E-state index in [9.17, 15) is 14.7 Å². The molecule has 0 bridgehead atoms. The SMILES string of the molecule is Cc1ccc(C)c(C(=O)N2CCCCC2C)c1C(=O)O. The topological polar surface area (TPSA) is 57.6 Å². The van der Waals surface area contributed by atoms with Gasteiger partial charge in [-0.15, -0.1) is 0 Å². The van der Waals surface area contributed by atoms with Gasteiger partial charge in [-0.1, -0.05) is 12.1 Å². The summed E-state index contributed by atoms with van der Waals surface area (Å²) in [5.74, 6) is -1.17. The molecule has 20 heavy (non-hydrogen) atoms. The molecule has 1 saturated heterocycles. The Morgan fingerprint density at radius 2 is 1.75 bits per heavy atom. The van der Waals surface area contributed by atoms with Crippen LogP contribution in [0.4, 0.5) is 0 Å². The molecule has 1 N–H and O–H groups in total. The van der Waals surface area contributed by atoms with E-state index < -0.39 is 5.97 Å². The van der Waals surface area contributed by atoms with Crippen LogP contribution >= 0.6 is 0 Å². The first-order chi connectivity index (χ1) is 9.43. The second-order valence-corrected chi connectivity index (χ2v) is 5.60. The number of carbonyl (C=O) groups excluding carboxylic acids is 1. The molecule has 1 unspecified atom stereocenters. The zero-order valence-electron chi connectivity index (χ0n) is 12.3. The van der Waals surface area contributed by atoms with Gasteiger partial charge in [-0.2, -0.15) is 0 Å². The third kappa shape index (κ3) is 2.55. The lowest BCUT2D eigenvalue weighted by atomic mass is 9.94. The van der Waals surface area contributed by atoms with E-state index in [1.165, 1.54) is 0 Å². The summed E-state index contributed by atoms with van der Waals surface area (Å²) in [7, 11) is 0. The average molecular weight is 275 g/mol. The molecule has 0 aliphatic carbocycles. The van der Waals surface area contributed by atoms with Gasteiger partial charge in [-0.05, 0) is 51.2 Å². The van der Waals surface area contributed by atoms with Crippen molar-refractivity contribution in [1.29, 1.82) is 0 Å². The fraction of sp³-hybridized carbons (Fsp3) is 0.500. The molecule has 0 radical (unpaired) electrons. The lowest BCUT2D eigenvalue weighted by Gasteiger charge is -2.34. The minimum atomic E-state index is -1.03. The van der Waals surface area contributed by atoms with Gasteiger partial charge in [0.2, 0.25) is 0 Å². The van der Waals surface area contributed by atoms with E-state index in [1.807, 2.05) is 17.9 Å². The van der Waals surface area contributed by atoms with Crippen LogP contribution in [0.25, 0.3) is 0 Å². The molecule has 108 valence electrons. The number of carboxylic acid groups (broad SMARTS) is 1. The van der Waals surface area contributed by atoms with Crippen molar-refractivity contribution in [3.05, 3.63) is 34.4 Å². The number of piperidine rings is 1. The van der Waals surface area contributed by atoms with Gasteiger partial charge >= 0.3 is 5.97 Å². The van der Waals surface area contributed by atoms with Crippen molar-refractivity contribution in [3.63, 3.8) is 0 Å². The third-order valence-corrected chi connectivity index (χ3v) is 4.11. The van der Waals surface area contributed by atoms with Crippen LogP contribution in [0.15, 0.2) is 12.1 Å². The summed E-state index contributed by atoms with van der Waals surface area (Å²) < 4.78 is 0. The molecule has 4 heteroatoms. The van der Waals surface area contributed by atoms with Gasteiger partial charge in [0.1, 0.15) is 0 Å². The van der Waals surface area contributed by atoms with Gasteiger partial charge in [0.25, 0.3) is 5.91 Å². The summed E-state index contributed by atoms with van der Waals surface area (Å²) in [5, 5.41) is 9.41. The Labute approximate surface area is 119 Å². The standard InChI is InChI=1S/C16H21NO3/c1-10-7-8-11(2)14(16(19)20)13(10)15(18)17-9-5-4-6-12(17)3/h7-8,12H,4-6,9H2,1-3H3,(H,19,20). The summed E-state index contributed by atoms with van der Waals surface area (Å²) in [4.78, 5) is 26.1. The van der Waals surface area contributed by atoms with Crippen LogP contribution in [0.3, 0.4) is 0 Å². The van der Waals surface area contributed by atoms with E-state index in [-0.39, 0.29) is 17.5 Å². The maximum absolute atomic E-state index is 12.8. The van der Waals surface area contributed by atoms with Crippen LogP contribution in [-0.2, 0) is 0 Å². The molecule has 0 spiro atoms. The van der Waals surface area contributed by atoms with Crippen LogP contribution in [0.2, 0.25) is 0 Å². The van der Waals surface area contributed by atoms with E-state index in [0.29, 0.717) is 17.7 Å². The monoisotopic (exact) mass is 275 g/mol. The van der Waals surface area contributed by atoms with Crippen molar-refractivity contribution in [3.8, 4) is 0 Å². The first-order valence-electron chi connectivity index (χ1n) is 7.08. The van der Waals surface area contributed by atoms with Crippen molar-refractivity contribution in [2.75, 3.05) is 6.54 Å². The predicted molar refractivity (Wildman–Crippen MR) is 77.2 cm³/mol. The molecule has 1 atom stereocenters. The Hall–Kier alpha value is -1.84. The molecule has 4 nitrogen and oxygen atoms in total. The number of aryl methyl sites for hydroxylation is 2. The molecule has 1 fully saturated rings.